The molecule has 3 heterocycles. The van der Waals surface area contributed by atoms with E-state index in [1.807, 2.05) is 30.3 Å². The maximum Gasteiger partial charge on any atom is 0.276 e. The molecule has 0 radical (unpaired) electrons. The van der Waals surface area contributed by atoms with Crippen LogP contribution in [-0.4, -0.2) is 64.7 Å². The first-order chi connectivity index (χ1) is 13.4. The third-order valence-electron chi connectivity index (χ3n) is 4.37. The molecule has 0 spiro atoms. The molecule has 8 nitrogen and oxygen atoms in total. The fourth-order valence-corrected chi connectivity index (χ4v) is 5.96. The van der Waals surface area contributed by atoms with Gasteiger partial charge in [-0.05, 0) is 24.3 Å². The van der Waals surface area contributed by atoms with Crippen molar-refractivity contribution in [3.8, 4) is 5.69 Å². The Kier molecular flexibility index (Phi) is 5.19. The SMILES string of the molecule is O=C(c1cnn(-c2ccccc2)n1)N1CCN(S(=O)(=O)c2ccc(Cl)s2)CC1. The van der Waals surface area contributed by atoms with Gasteiger partial charge in [0.2, 0.25) is 0 Å². The number of amides is 1. The Morgan fingerprint density at radius 2 is 1.75 bits per heavy atom. The molecule has 28 heavy (non-hydrogen) atoms. The second kappa shape index (κ2) is 7.63. The van der Waals surface area contributed by atoms with Crippen molar-refractivity contribution in [1.82, 2.24) is 24.2 Å². The fourth-order valence-electron chi connectivity index (χ4n) is 2.90. The van der Waals surface area contributed by atoms with Crippen LogP contribution in [0, 0.1) is 0 Å². The van der Waals surface area contributed by atoms with Gasteiger partial charge in [-0.15, -0.1) is 16.4 Å². The van der Waals surface area contributed by atoms with Gasteiger partial charge < -0.3 is 4.90 Å². The number of para-hydroxylation sites is 1. The van der Waals surface area contributed by atoms with Crippen LogP contribution >= 0.6 is 22.9 Å². The molecule has 2 aromatic heterocycles. The Hall–Kier alpha value is -2.27. The standard InChI is InChI=1S/C17H16ClN5O3S2/c18-15-6-7-16(27-15)28(25,26)22-10-8-21(9-11-22)17(24)14-12-19-23(20-14)13-4-2-1-3-5-13/h1-7,12H,8-11H2. The molecule has 11 heteroatoms. The lowest BCUT2D eigenvalue weighted by Crippen LogP contribution is -2.50. The molecule has 0 unspecified atom stereocenters. The van der Waals surface area contributed by atoms with Crippen LogP contribution in [0.3, 0.4) is 0 Å². The monoisotopic (exact) mass is 437 g/mol. The smallest absolute Gasteiger partial charge is 0.276 e. The molecule has 1 aliphatic rings. The molecule has 1 fully saturated rings. The molecule has 0 bridgehead atoms. The second-order valence-electron chi connectivity index (χ2n) is 6.11. The van der Waals surface area contributed by atoms with Crippen LogP contribution in [0.25, 0.3) is 5.69 Å². The lowest BCUT2D eigenvalue weighted by Gasteiger charge is -2.33. The molecule has 0 aliphatic carbocycles. The summed E-state index contributed by atoms with van der Waals surface area (Å²) in [5.74, 6) is -0.265. The molecule has 146 valence electrons. The number of sulfonamides is 1. The number of piperazine rings is 1. The van der Waals surface area contributed by atoms with Gasteiger partial charge in [0.25, 0.3) is 15.9 Å². The molecular formula is C17H16ClN5O3S2. The predicted octanol–water partition coefficient (Wildman–Crippen LogP) is 2.13. The highest BCUT2D eigenvalue weighted by molar-refractivity contribution is 7.91. The number of rotatable bonds is 4. The van der Waals surface area contributed by atoms with Crippen LogP contribution in [0.4, 0.5) is 0 Å². The van der Waals surface area contributed by atoms with Crippen molar-refractivity contribution in [1.29, 1.82) is 0 Å². The summed E-state index contributed by atoms with van der Waals surface area (Å²) in [7, 11) is -3.59. The molecule has 4 rings (SSSR count). The number of hydrogen-bond acceptors (Lipinski definition) is 6. The third kappa shape index (κ3) is 3.68. The van der Waals surface area contributed by atoms with E-state index >= 15 is 0 Å². The van der Waals surface area contributed by atoms with E-state index in [9.17, 15) is 13.2 Å². The van der Waals surface area contributed by atoms with Crippen molar-refractivity contribution in [3.05, 3.63) is 58.7 Å². The number of benzene rings is 1. The first-order valence-corrected chi connectivity index (χ1v) is 11.1. The molecule has 1 aliphatic heterocycles. The maximum absolute atomic E-state index is 12.7. The van der Waals surface area contributed by atoms with Gasteiger partial charge in [-0.25, -0.2) is 8.42 Å². The average molecular weight is 438 g/mol. The number of hydrogen-bond donors (Lipinski definition) is 0. The van der Waals surface area contributed by atoms with Crippen molar-refractivity contribution in [2.75, 3.05) is 26.2 Å². The second-order valence-corrected chi connectivity index (χ2v) is 9.99. The van der Waals surface area contributed by atoms with Crippen LogP contribution in [0.15, 0.2) is 52.9 Å². The number of thiophene rings is 1. The summed E-state index contributed by atoms with van der Waals surface area (Å²) in [5.41, 5.74) is 0.984. The quantitative estimate of drug-likeness (QED) is 0.623. The first kappa shape index (κ1) is 19.1. The fraction of sp³-hybridized carbons (Fsp3) is 0.235. The summed E-state index contributed by atoms with van der Waals surface area (Å²) in [6, 6.07) is 12.4. The first-order valence-electron chi connectivity index (χ1n) is 8.48. The molecule has 1 aromatic carbocycles. The minimum absolute atomic E-state index is 0.211. The van der Waals surface area contributed by atoms with Gasteiger partial charge in [0.15, 0.2) is 5.69 Å². The summed E-state index contributed by atoms with van der Waals surface area (Å²) in [6.07, 6.45) is 1.42. The average Bonchev–Trinajstić information content (AvgIpc) is 3.38. The molecule has 0 atom stereocenters. The highest BCUT2D eigenvalue weighted by atomic mass is 35.5. The lowest BCUT2D eigenvalue weighted by molar-refractivity contribution is 0.0691. The summed E-state index contributed by atoms with van der Waals surface area (Å²) in [4.78, 5) is 15.7. The molecule has 3 aromatic rings. The van der Waals surface area contributed by atoms with Gasteiger partial charge in [0, 0.05) is 26.2 Å². The van der Waals surface area contributed by atoms with Crippen LogP contribution in [-0.2, 0) is 10.0 Å². The summed E-state index contributed by atoms with van der Waals surface area (Å²) < 4.78 is 27.3. The van der Waals surface area contributed by atoms with E-state index in [-0.39, 0.29) is 42.0 Å². The number of carbonyl (C=O) groups excluding carboxylic acids is 1. The number of carbonyl (C=O) groups is 1. The van der Waals surface area contributed by atoms with E-state index in [1.54, 1.807) is 11.0 Å². The van der Waals surface area contributed by atoms with Crippen molar-refractivity contribution >= 4 is 38.9 Å². The van der Waals surface area contributed by atoms with Crippen molar-refractivity contribution < 1.29 is 13.2 Å². The van der Waals surface area contributed by atoms with E-state index in [0.717, 1.165) is 17.0 Å². The number of nitrogens with zero attached hydrogens (tertiary/aromatic N) is 5. The predicted molar refractivity (Wildman–Crippen MR) is 105 cm³/mol. The zero-order valence-electron chi connectivity index (χ0n) is 14.6. The Labute approximate surface area is 171 Å². The highest BCUT2D eigenvalue weighted by Gasteiger charge is 2.32. The van der Waals surface area contributed by atoms with E-state index in [4.69, 9.17) is 11.6 Å². The van der Waals surface area contributed by atoms with Crippen LogP contribution in [0.5, 0.6) is 0 Å². The van der Waals surface area contributed by atoms with Crippen LogP contribution in [0.2, 0.25) is 4.34 Å². The van der Waals surface area contributed by atoms with Crippen LogP contribution in [0.1, 0.15) is 10.5 Å². The van der Waals surface area contributed by atoms with E-state index in [2.05, 4.69) is 10.2 Å². The summed E-state index contributed by atoms with van der Waals surface area (Å²) >= 11 is 6.88. The zero-order valence-corrected chi connectivity index (χ0v) is 17.0. The van der Waals surface area contributed by atoms with Gasteiger partial charge in [-0.1, -0.05) is 29.8 Å². The zero-order chi connectivity index (χ0) is 19.7. The summed E-state index contributed by atoms with van der Waals surface area (Å²) in [6.45, 7) is 1.01. The van der Waals surface area contributed by atoms with E-state index in [0.29, 0.717) is 4.34 Å². The van der Waals surface area contributed by atoms with Crippen LogP contribution < -0.4 is 0 Å². The largest absolute Gasteiger partial charge is 0.335 e. The summed E-state index contributed by atoms with van der Waals surface area (Å²) in [5, 5.41) is 8.38. The lowest BCUT2D eigenvalue weighted by atomic mass is 10.3. The number of halogens is 1. The molecular weight excluding hydrogens is 422 g/mol. The third-order valence-corrected chi connectivity index (χ3v) is 7.96. The van der Waals surface area contributed by atoms with Gasteiger partial charge in [-0.3, -0.25) is 4.79 Å². The highest BCUT2D eigenvalue weighted by Crippen LogP contribution is 2.28. The minimum atomic E-state index is -3.59. The normalized spacial score (nSPS) is 15.7. The van der Waals surface area contributed by atoms with Gasteiger partial charge in [0.1, 0.15) is 4.21 Å². The topological polar surface area (TPSA) is 88.4 Å². The van der Waals surface area contributed by atoms with Crippen molar-refractivity contribution in [2.24, 2.45) is 0 Å². The Bertz CT molecular complexity index is 1090. The maximum atomic E-state index is 12.7. The molecule has 1 saturated heterocycles. The van der Waals surface area contributed by atoms with Crippen molar-refractivity contribution in [3.63, 3.8) is 0 Å². The minimum Gasteiger partial charge on any atom is -0.335 e. The molecule has 0 saturated carbocycles. The Morgan fingerprint density at radius 1 is 1.04 bits per heavy atom. The van der Waals surface area contributed by atoms with Gasteiger partial charge >= 0.3 is 0 Å². The molecule has 1 amide bonds. The van der Waals surface area contributed by atoms with Gasteiger partial charge in [0.05, 0.1) is 16.2 Å². The van der Waals surface area contributed by atoms with Gasteiger partial charge in [-0.2, -0.15) is 14.2 Å². The Morgan fingerprint density at radius 3 is 2.39 bits per heavy atom. The Balaban J connectivity index is 1.43. The van der Waals surface area contributed by atoms with E-state index in [1.165, 1.54) is 21.4 Å². The number of aromatic nitrogens is 3. The van der Waals surface area contributed by atoms with E-state index < -0.39 is 10.0 Å². The molecule has 0 N–H and O–H groups in total. The van der Waals surface area contributed by atoms with Crippen molar-refractivity contribution in [2.45, 2.75) is 4.21 Å².